The molecule has 1 N–H and O–H groups in total. The fourth-order valence-corrected chi connectivity index (χ4v) is 1.53. The lowest BCUT2D eigenvalue weighted by atomic mass is 10.4. The Balaban J connectivity index is 2.18. The van der Waals surface area contributed by atoms with Crippen LogP contribution < -0.4 is 4.90 Å². The number of aryl methyl sites for hydroxylation is 1. The molecule has 72 valence electrons. The van der Waals surface area contributed by atoms with Crippen molar-refractivity contribution >= 4 is 5.82 Å². The van der Waals surface area contributed by atoms with Crippen molar-refractivity contribution in [2.75, 3.05) is 31.2 Å². The molecule has 13 heavy (non-hydrogen) atoms. The summed E-state index contributed by atoms with van der Waals surface area (Å²) in [5, 5.41) is 13.1. The average molecular weight is 183 g/mol. The number of aromatic hydroxyl groups is 1. The van der Waals surface area contributed by atoms with Crippen molar-refractivity contribution in [2.45, 2.75) is 0 Å². The van der Waals surface area contributed by atoms with Crippen LogP contribution in [0.1, 0.15) is 0 Å². The second kappa shape index (κ2) is 3.26. The molecule has 5 nitrogen and oxygen atoms in total. The predicted molar refractivity (Wildman–Crippen MR) is 47.9 cm³/mol. The summed E-state index contributed by atoms with van der Waals surface area (Å²) in [6.45, 7) is 3.20. The Morgan fingerprint density at radius 2 is 2.15 bits per heavy atom. The van der Waals surface area contributed by atoms with Gasteiger partial charge in [0.05, 0.1) is 13.2 Å². The molecule has 2 heterocycles. The normalized spacial score (nSPS) is 17.8. The Labute approximate surface area is 76.5 Å². The van der Waals surface area contributed by atoms with E-state index in [9.17, 15) is 5.11 Å². The lowest BCUT2D eigenvalue weighted by molar-refractivity contribution is 0.122. The second-order valence-electron chi connectivity index (χ2n) is 3.08. The number of hydrogen-bond acceptors (Lipinski definition) is 4. The average Bonchev–Trinajstić information content (AvgIpc) is 2.47. The van der Waals surface area contributed by atoms with Crippen molar-refractivity contribution in [1.29, 1.82) is 0 Å². The van der Waals surface area contributed by atoms with E-state index >= 15 is 0 Å². The van der Waals surface area contributed by atoms with Gasteiger partial charge in [0, 0.05) is 26.2 Å². The van der Waals surface area contributed by atoms with Crippen LogP contribution in [0, 0.1) is 0 Å². The smallest absolute Gasteiger partial charge is 0.232 e. The molecule has 5 heteroatoms. The summed E-state index contributed by atoms with van der Waals surface area (Å²) >= 11 is 0. The van der Waals surface area contributed by atoms with Crippen LogP contribution >= 0.6 is 0 Å². The minimum Gasteiger partial charge on any atom is -0.492 e. The van der Waals surface area contributed by atoms with Gasteiger partial charge in [0.15, 0.2) is 0 Å². The quantitative estimate of drug-likeness (QED) is 0.664. The van der Waals surface area contributed by atoms with Gasteiger partial charge in [-0.2, -0.15) is 0 Å². The van der Waals surface area contributed by atoms with Crippen LogP contribution in [0.2, 0.25) is 0 Å². The molecule has 0 amide bonds. The summed E-state index contributed by atoms with van der Waals surface area (Å²) < 4.78 is 6.92. The highest BCUT2D eigenvalue weighted by Crippen LogP contribution is 2.19. The summed E-state index contributed by atoms with van der Waals surface area (Å²) in [5.41, 5.74) is 0. The van der Waals surface area contributed by atoms with Gasteiger partial charge in [-0.1, -0.05) is 0 Å². The van der Waals surface area contributed by atoms with Gasteiger partial charge in [-0.05, 0) is 0 Å². The number of aromatic nitrogens is 2. The number of hydrogen-bond donors (Lipinski definition) is 1. The molecule has 0 unspecified atom stereocenters. The predicted octanol–water partition coefficient (Wildman–Crippen LogP) is -0.0377. The Hall–Kier alpha value is -1.23. The highest BCUT2D eigenvalue weighted by Gasteiger charge is 2.15. The number of morpholine rings is 1. The maximum atomic E-state index is 9.17. The van der Waals surface area contributed by atoms with Gasteiger partial charge in [0.2, 0.25) is 5.88 Å². The standard InChI is InChI=1S/C8H13N3O2/c1-10-8(6-7(12)9-10)11-2-4-13-5-3-11/h6H,2-5H2,1H3,(H,9,12). The fourth-order valence-electron chi connectivity index (χ4n) is 1.53. The van der Waals surface area contributed by atoms with E-state index in [2.05, 4.69) is 10.00 Å². The zero-order chi connectivity index (χ0) is 9.26. The molecule has 0 bridgehead atoms. The zero-order valence-electron chi connectivity index (χ0n) is 7.60. The second-order valence-corrected chi connectivity index (χ2v) is 3.08. The number of nitrogens with zero attached hydrogens (tertiary/aromatic N) is 3. The van der Waals surface area contributed by atoms with Gasteiger partial charge in [0.1, 0.15) is 5.82 Å². The van der Waals surface area contributed by atoms with Gasteiger partial charge in [-0.25, -0.2) is 4.68 Å². The first-order chi connectivity index (χ1) is 6.27. The molecule has 0 aliphatic carbocycles. The molecule has 1 aromatic rings. The first kappa shape index (κ1) is 8.37. The molecule has 1 aromatic heterocycles. The summed E-state index contributed by atoms with van der Waals surface area (Å²) in [7, 11) is 1.82. The molecule has 1 aliphatic heterocycles. The number of rotatable bonds is 1. The van der Waals surface area contributed by atoms with E-state index in [1.165, 1.54) is 0 Å². The van der Waals surface area contributed by atoms with E-state index < -0.39 is 0 Å². The minimum absolute atomic E-state index is 0.0731. The molecular formula is C8H13N3O2. The van der Waals surface area contributed by atoms with Crippen LogP contribution in [0.3, 0.4) is 0 Å². The summed E-state index contributed by atoms with van der Waals surface area (Å²) in [6, 6.07) is 1.67. The first-order valence-corrected chi connectivity index (χ1v) is 4.33. The largest absolute Gasteiger partial charge is 0.492 e. The zero-order valence-corrected chi connectivity index (χ0v) is 7.60. The van der Waals surface area contributed by atoms with Crippen molar-refractivity contribution in [1.82, 2.24) is 9.78 Å². The number of ether oxygens (including phenoxy) is 1. The van der Waals surface area contributed by atoms with Crippen molar-refractivity contribution in [3.05, 3.63) is 6.07 Å². The number of anilines is 1. The molecule has 0 radical (unpaired) electrons. The van der Waals surface area contributed by atoms with E-state index in [1.807, 2.05) is 7.05 Å². The minimum atomic E-state index is 0.0731. The highest BCUT2D eigenvalue weighted by atomic mass is 16.5. The molecule has 1 aliphatic rings. The summed E-state index contributed by atoms with van der Waals surface area (Å²) in [4.78, 5) is 2.15. The summed E-state index contributed by atoms with van der Waals surface area (Å²) in [5.74, 6) is 1.02. The first-order valence-electron chi connectivity index (χ1n) is 4.33. The van der Waals surface area contributed by atoms with E-state index in [0.29, 0.717) is 0 Å². The van der Waals surface area contributed by atoms with Crippen LogP contribution in [0.4, 0.5) is 5.82 Å². The Morgan fingerprint density at radius 1 is 1.46 bits per heavy atom. The molecule has 2 rings (SSSR count). The molecule has 1 fully saturated rings. The maximum Gasteiger partial charge on any atom is 0.232 e. The highest BCUT2D eigenvalue weighted by molar-refractivity contribution is 5.42. The van der Waals surface area contributed by atoms with Crippen molar-refractivity contribution in [3.8, 4) is 5.88 Å². The van der Waals surface area contributed by atoms with E-state index in [-0.39, 0.29) is 5.88 Å². The monoisotopic (exact) mass is 183 g/mol. The van der Waals surface area contributed by atoms with Crippen molar-refractivity contribution in [3.63, 3.8) is 0 Å². The van der Waals surface area contributed by atoms with Gasteiger partial charge in [0.25, 0.3) is 0 Å². The van der Waals surface area contributed by atoms with Crippen LogP contribution in [0.25, 0.3) is 0 Å². The summed E-state index contributed by atoms with van der Waals surface area (Å²) in [6.07, 6.45) is 0. The van der Waals surface area contributed by atoms with Gasteiger partial charge in [-0.3, -0.25) is 0 Å². The molecule has 0 saturated carbocycles. The van der Waals surface area contributed by atoms with E-state index in [4.69, 9.17) is 4.74 Å². The Kier molecular flexibility index (Phi) is 2.10. The van der Waals surface area contributed by atoms with Crippen molar-refractivity contribution in [2.24, 2.45) is 7.05 Å². The van der Waals surface area contributed by atoms with Crippen molar-refractivity contribution < 1.29 is 9.84 Å². The third kappa shape index (κ3) is 1.60. The fraction of sp³-hybridized carbons (Fsp3) is 0.625. The maximum absolute atomic E-state index is 9.17. The molecule has 0 aromatic carbocycles. The molecule has 1 saturated heterocycles. The Morgan fingerprint density at radius 3 is 2.69 bits per heavy atom. The SMILES string of the molecule is Cn1nc(O)cc1N1CCOCC1. The van der Waals surface area contributed by atoms with E-state index in [1.54, 1.807) is 10.7 Å². The third-order valence-corrected chi connectivity index (χ3v) is 2.18. The van der Waals surface area contributed by atoms with Gasteiger partial charge in [-0.15, -0.1) is 5.10 Å². The van der Waals surface area contributed by atoms with Crippen LogP contribution in [0.15, 0.2) is 6.07 Å². The third-order valence-electron chi connectivity index (χ3n) is 2.18. The topological polar surface area (TPSA) is 50.5 Å². The van der Waals surface area contributed by atoms with Crippen LogP contribution in [0.5, 0.6) is 5.88 Å². The van der Waals surface area contributed by atoms with Crippen LogP contribution in [-0.2, 0) is 11.8 Å². The van der Waals surface area contributed by atoms with E-state index in [0.717, 1.165) is 32.1 Å². The Bertz CT molecular complexity index is 292. The molecule has 0 atom stereocenters. The molecule has 0 spiro atoms. The van der Waals surface area contributed by atoms with Gasteiger partial charge >= 0.3 is 0 Å². The lowest BCUT2D eigenvalue weighted by Gasteiger charge is -2.28. The van der Waals surface area contributed by atoms with Gasteiger partial charge < -0.3 is 14.7 Å². The molecular weight excluding hydrogens is 170 g/mol. The van der Waals surface area contributed by atoms with Crippen LogP contribution in [-0.4, -0.2) is 41.2 Å². The lowest BCUT2D eigenvalue weighted by Crippen LogP contribution is -2.37.